The van der Waals surface area contributed by atoms with Crippen molar-refractivity contribution in [2.24, 2.45) is 0 Å². The van der Waals surface area contributed by atoms with Gasteiger partial charge in [-0.05, 0) is 18.9 Å². The molecule has 0 amide bonds. The minimum atomic E-state index is 0.368. The van der Waals surface area contributed by atoms with Crippen LogP contribution in [0.1, 0.15) is 51.1 Å². The van der Waals surface area contributed by atoms with Crippen molar-refractivity contribution in [3.8, 4) is 0 Å². The quantitative estimate of drug-likeness (QED) is 0.658. The average Bonchev–Trinajstić information content (AvgIpc) is 2.57. The van der Waals surface area contributed by atoms with Gasteiger partial charge in [-0.1, -0.05) is 32.6 Å². The highest BCUT2D eigenvalue weighted by Gasteiger charge is 2.28. The standard InChI is InChI=1S/C11H18N2/c1-11(10-6-9-12-13-10)7-4-2-3-5-8-11/h6,9H,2-5,7-8H2,1H3,(H,12,13). The predicted octanol–water partition coefficient (Wildman–Crippen LogP) is 3.02. The fraction of sp³-hybridized carbons (Fsp3) is 0.727. The molecule has 0 unspecified atom stereocenters. The van der Waals surface area contributed by atoms with Crippen molar-refractivity contribution in [3.05, 3.63) is 18.0 Å². The number of aromatic nitrogens is 2. The Bertz CT molecular complexity index is 243. The van der Waals surface area contributed by atoms with Crippen LogP contribution in [0.25, 0.3) is 0 Å². The summed E-state index contributed by atoms with van der Waals surface area (Å²) in [4.78, 5) is 0. The topological polar surface area (TPSA) is 28.7 Å². The molecule has 1 fully saturated rings. The first-order chi connectivity index (χ1) is 6.31. The summed E-state index contributed by atoms with van der Waals surface area (Å²) in [6.07, 6.45) is 10.0. The molecule has 2 nitrogen and oxygen atoms in total. The van der Waals surface area contributed by atoms with Crippen molar-refractivity contribution in [2.75, 3.05) is 0 Å². The van der Waals surface area contributed by atoms with Crippen molar-refractivity contribution in [1.82, 2.24) is 10.2 Å². The maximum atomic E-state index is 4.05. The number of hydrogen-bond acceptors (Lipinski definition) is 1. The lowest BCUT2D eigenvalue weighted by molar-refractivity contribution is 0.397. The normalized spacial score (nSPS) is 22.5. The maximum Gasteiger partial charge on any atom is 0.0490 e. The predicted molar refractivity (Wildman–Crippen MR) is 53.6 cm³/mol. The van der Waals surface area contributed by atoms with Crippen molar-refractivity contribution in [1.29, 1.82) is 0 Å². The van der Waals surface area contributed by atoms with Crippen LogP contribution >= 0.6 is 0 Å². The third-order valence-corrected chi connectivity index (χ3v) is 3.36. The second kappa shape index (κ2) is 3.52. The lowest BCUT2D eigenvalue weighted by Gasteiger charge is -2.26. The summed E-state index contributed by atoms with van der Waals surface area (Å²) in [5, 5.41) is 7.17. The van der Waals surface area contributed by atoms with Crippen molar-refractivity contribution < 1.29 is 0 Å². The van der Waals surface area contributed by atoms with Gasteiger partial charge in [0.1, 0.15) is 0 Å². The molecule has 1 aliphatic carbocycles. The summed E-state index contributed by atoms with van der Waals surface area (Å²) in [5.74, 6) is 0. The molecule has 1 aliphatic rings. The molecule has 0 aromatic carbocycles. The third kappa shape index (κ3) is 1.77. The number of nitrogens with one attached hydrogen (secondary N) is 1. The van der Waals surface area contributed by atoms with E-state index in [1.54, 1.807) is 0 Å². The number of hydrogen-bond donors (Lipinski definition) is 1. The molecule has 0 spiro atoms. The highest BCUT2D eigenvalue weighted by Crippen LogP contribution is 2.36. The summed E-state index contributed by atoms with van der Waals surface area (Å²) in [6.45, 7) is 2.37. The lowest BCUT2D eigenvalue weighted by atomic mass is 9.80. The number of H-pyrrole nitrogens is 1. The Morgan fingerprint density at radius 1 is 1.23 bits per heavy atom. The molecule has 1 N–H and O–H groups in total. The van der Waals surface area contributed by atoms with Gasteiger partial charge < -0.3 is 0 Å². The molecule has 0 bridgehead atoms. The van der Waals surface area contributed by atoms with E-state index in [2.05, 4.69) is 23.2 Å². The number of rotatable bonds is 1. The SMILES string of the molecule is CC1(c2ccn[nH]2)CCCCCC1. The van der Waals surface area contributed by atoms with Gasteiger partial charge >= 0.3 is 0 Å². The Kier molecular flexibility index (Phi) is 2.38. The molecule has 0 saturated heterocycles. The van der Waals surface area contributed by atoms with E-state index < -0.39 is 0 Å². The van der Waals surface area contributed by atoms with E-state index in [1.807, 2.05) is 6.20 Å². The Morgan fingerprint density at radius 2 is 1.92 bits per heavy atom. The monoisotopic (exact) mass is 178 g/mol. The summed E-state index contributed by atoms with van der Waals surface area (Å²) in [6, 6.07) is 2.13. The molecule has 1 aromatic heterocycles. The van der Waals surface area contributed by atoms with Gasteiger partial charge in [0.25, 0.3) is 0 Å². The number of nitrogens with zero attached hydrogens (tertiary/aromatic N) is 1. The van der Waals surface area contributed by atoms with Gasteiger partial charge in [-0.2, -0.15) is 5.10 Å². The zero-order valence-electron chi connectivity index (χ0n) is 8.34. The van der Waals surface area contributed by atoms with E-state index >= 15 is 0 Å². The first-order valence-electron chi connectivity index (χ1n) is 5.31. The zero-order chi connectivity index (χ0) is 9.15. The van der Waals surface area contributed by atoms with Crippen LogP contribution in [0.4, 0.5) is 0 Å². The van der Waals surface area contributed by atoms with Crippen molar-refractivity contribution in [3.63, 3.8) is 0 Å². The van der Waals surface area contributed by atoms with Gasteiger partial charge in [0.15, 0.2) is 0 Å². The van der Waals surface area contributed by atoms with Crippen LogP contribution in [0.3, 0.4) is 0 Å². The highest BCUT2D eigenvalue weighted by atomic mass is 15.1. The van der Waals surface area contributed by atoms with E-state index in [0.717, 1.165) is 0 Å². The van der Waals surface area contributed by atoms with Crippen LogP contribution in [-0.2, 0) is 5.41 Å². The fourth-order valence-electron chi connectivity index (χ4n) is 2.37. The fourth-order valence-corrected chi connectivity index (χ4v) is 2.37. The molecule has 1 heterocycles. The molecule has 0 aliphatic heterocycles. The number of aromatic amines is 1. The minimum Gasteiger partial charge on any atom is -0.282 e. The van der Waals surface area contributed by atoms with Crippen LogP contribution in [0.15, 0.2) is 12.3 Å². The van der Waals surface area contributed by atoms with E-state index in [4.69, 9.17) is 0 Å². The Labute approximate surface area is 79.7 Å². The lowest BCUT2D eigenvalue weighted by Crippen LogP contribution is -2.21. The molecule has 1 saturated carbocycles. The van der Waals surface area contributed by atoms with Crippen molar-refractivity contribution >= 4 is 0 Å². The Hall–Kier alpha value is -0.790. The van der Waals surface area contributed by atoms with E-state index in [9.17, 15) is 0 Å². The molecular formula is C11H18N2. The summed E-state index contributed by atoms with van der Waals surface area (Å²) in [7, 11) is 0. The highest BCUT2D eigenvalue weighted by molar-refractivity contribution is 5.13. The van der Waals surface area contributed by atoms with Gasteiger partial charge in [0.2, 0.25) is 0 Å². The molecule has 2 heteroatoms. The van der Waals surface area contributed by atoms with Gasteiger partial charge in [0, 0.05) is 17.3 Å². The van der Waals surface area contributed by atoms with E-state index in [-0.39, 0.29) is 0 Å². The second-order valence-corrected chi connectivity index (χ2v) is 4.45. The molecular weight excluding hydrogens is 160 g/mol. The molecule has 13 heavy (non-hydrogen) atoms. The van der Waals surface area contributed by atoms with Crippen LogP contribution in [0.2, 0.25) is 0 Å². The zero-order valence-corrected chi connectivity index (χ0v) is 8.34. The van der Waals surface area contributed by atoms with Crippen LogP contribution in [-0.4, -0.2) is 10.2 Å². The second-order valence-electron chi connectivity index (χ2n) is 4.45. The molecule has 0 radical (unpaired) electrons. The summed E-state index contributed by atoms with van der Waals surface area (Å²) in [5.41, 5.74) is 1.70. The first-order valence-corrected chi connectivity index (χ1v) is 5.31. The van der Waals surface area contributed by atoms with E-state index in [1.165, 1.54) is 44.2 Å². The minimum absolute atomic E-state index is 0.368. The van der Waals surface area contributed by atoms with Crippen LogP contribution in [0, 0.1) is 0 Å². The van der Waals surface area contributed by atoms with Crippen LogP contribution < -0.4 is 0 Å². The summed E-state index contributed by atoms with van der Waals surface area (Å²) >= 11 is 0. The maximum absolute atomic E-state index is 4.05. The van der Waals surface area contributed by atoms with E-state index in [0.29, 0.717) is 5.41 Å². The van der Waals surface area contributed by atoms with Crippen LogP contribution in [0.5, 0.6) is 0 Å². The molecule has 1 aromatic rings. The van der Waals surface area contributed by atoms with Gasteiger partial charge in [0.05, 0.1) is 0 Å². The van der Waals surface area contributed by atoms with Gasteiger partial charge in [-0.25, -0.2) is 0 Å². The Balaban J connectivity index is 2.17. The van der Waals surface area contributed by atoms with Gasteiger partial charge in [-0.15, -0.1) is 0 Å². The molecule has 0 atom stereocenters. The summed E-state index contributed by atoms with van der Waals surface area (Å²) < 4.78 is 0. The van der Waals surface area contributed by atoms with Crippen molar-refractivity contribution in [2.45, 2.75) is 50.9 Å². The van der Waals surface area contributed by atoms with Gasteiger partial charge in [-0.3, -0.25) is 5.10 Å². The molecule has 72 valence electrons. The molecule has 2 rings (SSSR count). The Morgan fingerprint density at radius 3 is 2.46 bits per heavy atom. The first kappa shape index (κ1) is 8.79. The smallest absolute Gasteiger partial charge is 0.0490 e. The largest absolute Gasteiger partial charge is 0.282 e. The third-order valence-electron chi connectivity index (χ3n) is 3.36. The average molecular weight is 178 g/mol.